The molecule has 142 valence electrons. The van der Waals surface area contributed by atoms with Gasteiger partial charge in [0.1, 0.15) is 5.69 Å². The van der Waals surface area contributed by atoms with E-state index in [2.05, 4.69) is 15.6 Å². The molecule has 6 heteroatoms. The number of carbonyl (C=O) groups excluding carboxylic acids is 2. The highest BCUT2D eigenvalue weighted by Gasteiger charge is 2.18. The van der Waals surface area contributed by atoms with Gasteiger partial charge in [0.2, 0.25) is 0 Å². The zero-order valence-electron chi connectivity index (χ0n) is 16.0. The topological polar surface area (TPSA) is 80.3 Å². The number of anilines is 1. The summed E-state index contributed by atoms with van der Waals surface area (Å²) in [7, 11) is 0. The van der Waals surface area contributed by atoms with E-state index in [1.54, 1.807) is 6.07 Å². The Hall–Kier alpha value is -2.73. The average Bonchev–Trinajstić information content (AvgIpc) is 3.16. The highest BCUT2D eigenvalue weighted by molar-refractivity contribution is 6.06. The van der Waals surface area contributed by atoms with E-state index in [9.17, 15) is 9.59 Å². The van der Waals surface area contributed by atoms with Gasteiger partial charge in [-0.2, -0.15) is 0 Å². The highest BCUT2D eigenvalue weighted by Crippen LogP contribution is 2.22. The molecule has 0 bridgehead atoms. The van der Waals surface area contributed by atoms with Crippen LogP contribution in [0.1, 0.15) is 50.4 Å². The SMILES string of the molecule is Cc1cc(C)c(NC(=O)c2ccnc(C(=O)NCC3CCCO3)c2)c(C)c1. The maximum absolute atomic E-state index is 12.7. The number of hydrogen-bond acceptors (Lipinski definition) is 4. The van der Waals surface area contributed by atoms with Gasteiger partial charge in [0, 0.05) is 30.6 Å². The lowest BCUT2D eigenvalue weighted by Crippen LogP contribution is -2.32. The van der Waals surface area contributed by atoms with Crippen LogP contribution in [0, 0.1) is 20.8 Å². The summed E-state index contributed by atoms with van der Waals surface area (Å²) >= 11 is 0. The summed E-state index contributed by atoms with van der Waals surface area (Å²) < 4.78 is 5.50. The molecule has 0 saturated carbocycles. The van der Waals surface area contributed by atoms with Crippen molar-refractivity contribution in [1.29, 1.82) is 0 Å². The third kappa shape index (κ3) is 4.71. The Bertz CT molecular complexity index is 834. The second kappa shape index (κ2) is 8.31. The van der Waals surface area contributed by atoms with Crippen LogP contribution < -0.4 is 10.6 Å². The molecular weight excluding hydrogens is 342 g/mol. The quantitative estimate of drug-likeness (QED) is 0.851. The maximum atomic E-state index is 12.7. The number of aromatic nitrogens is 1. The number of pyridine rings is 1. The number of rotatable bonds is 5. The summed E-state index contributed by atoms with van der Waals surface area (Å²) in [6.07, 6.45) is 3.51. The summed E-state index contributed by atoms with van der Waals surface area (Å²) in [5.74, 6) is -0.566. The van der Waals surface area contributed by atoms with Gasteiger partial charge in [0.05, 0.1) is 6.10 Å². The number of nitrogens with zero attached hydrogens (tertiary/aromatic N) is 1. The summed E-state index contributed by atoms with van der Waals surface area (Å²) in [6, 6.07) is 7.17. The molecule has 2 aromatic rings. The van der Waals surface area contributed by atoms with Gasteiger partial charge in [0.25, 0.3) is 11.8 Å². The number of ether oxygens (including phenoxy) is 1. The molecule has 1 fully saturated rings. The first-order valence-electron chi connectivity index (χ1n) is 9.19. The third-order valence-corrected chi connectivity index (χ3v) is 4.68. The number of carbonyl (C=O) groups is 2. The molecule has 2 heterocycles. The predicted molar refractivity (Wildman–Crippen MR) is 104 cm³/mol. The second-order valence-electron chi connectivity index (χ2n) is 7.00. The van der Waals surface area contributed by atoms with Crippen molar-refractivity contribution in [1.82, 2.24) is 10.3 Å². The molecule has 1 aromatic carbocycles. The summed E-state index contributed by atoms with van der Waals surface area (Å²) in [5.41, 5.74) is 4.57. The number of nitrogens with one attached hydrogen (secondary N) is 2. The van der Waals surface area contributed by atoms with Crippen LogP contribution in [-0.2, 0) is 4.74 Å². The summed E-state index contributed by atoms with van der Waals surface area (Å²) in [5, 5.41) is 5.77. The fraction of sp³-hybridized carbons (Fsp3) is 0.381. The van der Waals surface area contributed by atoms with Crippen LogP contribution in [0.3, 0.4) is 0 Å². The Balaban J connectivity index is 1.69. The summed E-state index contributed by atoms with van der Waals surface area (Å²) in [6.45, 7) is 7.15. The lowest BCUT2D eigenvalue weighted by molar-refractivity contribution is 0.0853. The highest BCUT2D eigenvalue weighted by atomic mass is 16.5. The molecule has 0 aliphatic carbocycles. The minimum absolute atomic E-state index is 0.0629. The minimum Gasteiger partial charge on any atom is -0.376 e. The van der Waals surface area contributed by atoms with Crippen LogP contribution >= 0.6 is 0 Å². The Morgan fingerprint density at radius 1 is 1.15 bits per heavy atom. The van der Waals surface area contributed by atoms with Crippen LogP contribution in [-0.4, -0.2) is 36.1 Å². The number of aryl methyl sites for hydroxylation is 3. The molecule has 2 amide bonds. The van der Waals surface area contributed by atoms with Gasteiger partial charge >= 0.3 is 0 Å². The fourth-order valence-electron chi connectivity index (χ4n) is 3.36. The van der Waals surface area contributed by atoms with Crippen molar-refractivity contribution in [2.75, 3.05) is 18.5 Å². The molecule has 1 atom stereocenters. The van der Waals surface area contributed by atoms with Crippen molar-refractivity contribution in [2.45, 2.75) is 39.7 Å². The van der Waals surface area contributed by atoms with Crippen molar-refractivity contribution in [3.63, 3.8) is 0 Å². The van der Waals surface area contributed by atoms with Crippen LogP contribution in [0.2, 0.25) is 0 Å². The van der Waals surface area contributed by atoms with E-state index < -0.39 is 0 Å². The molecule has 1 aliphatic heterocycles. The van der Waals surface area contributed by atoms with E-state index in [4.69, 9.17) is 4.74 Å². The van der Waals surface area contributed by atoms with Gasteiger partial charge in [-0.1, -0.05) is 17.7 Å². The first kappa shape index (κ1) is 19.0. The van der Waals surface area contributed by atoms with Crippen molar-refractivity contribution in [2.24, 2.45) is 0 Å². The first-order chi connectivity index (χ1) is 12.9. The molecule has 27 heavy (non-hydrogen) atoms. The molecule has 3 rings (SSSR count). The third-order valence-electron chi connectivity index (χ3n) is 4.68. The number of amides is 2. The van der Waals surface area contributed by atoms with Crippen molar-refractivity contribution in [3.05, 3.63) is 58.4 Å². The Labute approximate surface area is 159 Å². The van der Waals surface area contributed by atoms with E-state index in [1.807, 2.05) is 32.9 Å². The van der Waals surface area contributed by atoms with E-state index in [0.717, 1.165) is 41.8 Å². The first-order valence-corrected chi connectivity index (χ1v) is 9.19. The van der Waals surface area contributed by atoms with Gasteiger partial charge in [-0.3, -0.25) is 14.6 Å². The normalized spacial score (nSPS) is 16.2. The minimum atomic E-state index is -0.303. The second-order valence-corrected chi connectivity index (χ2v) is 7.00. The number of hydrogen-bond donors (Lipinski definition) is 2. The van der Waals surface area contributed by atoms with Gasteiger partial charge in [-0.05, 0) is 56.9 Å². The van der Waals surface area contributed by atoms with Crippen LogP contribution in [0.4, 0.5) is 5.69 Å². The van der Waals surface area contributed by atoms with Crippen LogP contribution in [0.15, 0.2) is 30.5 Å². The van der Waals surface area contributed by atoms with E-state index in [-0.39, 0.29) is 23.6 Å². The Morgan fingerprint density at radius 2 is 1.89 bits per heavy atom. The average molecular weight is 367 g/mol. The summed E-state index contributed by atoms with van der Waals surface area (Å²) in [4.78, 5) is 29.1. The Morgan fingerprint density at radius 3 is 2.56 bits per heavy atom. The molecule has 6 nitrogen and oxygen atoms in total. The molecule has 1 saturated heterocycles. The smallest absolute Gasteiger partial charge is 0.269 e. The van der Waals surface area contributed by atoms with Crippen molar-refractivity contribution < 1.29 is 14.3 Å². The number of benzene rings is 1. The molecule has 0 spiro atoms. The van der Waals surface area contributed by atoms with Gasteiger partial charge in [-0.25, -0.2) is 0 Å². The van der Waals surface area contributed by atoms with Crippen molar-refractivity contribution >= 4 is 17.5 Å². The van der Waals surface area contributed by atoms with Gasteiger partial charge in [-0.15, -0.1) is 0 Å². The molecule has 1 unspecified atom stereocenters. The van der Waals surface area contributed by atoms with Crippen LogP contribution in [0.25, 0.3) is 0 Å². The maximum Gasteiger partial charge on any atom is 0.269 e. The molecule has 0 radical (unpaired) electrons. The van der Waals surface area contributed by atoms with Gasteiger partial charge in [0.15, 0.2) is 0 Å². The van der Waals surface area contributed by atoms with E-state index in [1.165, 1.54) is 12.3 Å². The van der Waals surface area contributed by atoms with E-state index >= 15 is 0 Å². The lowest BCUT2D eigenvalue weighted by atomic mass is 10.0. The molecule has 1 aromatic heterocycles. The zero-order valence-corrected chi connectivity index (χ0v) is 16.0. The predicted octanol–water partition coefficient (Wildman–Crippen LogP) is 3.17. The molecule has 2 N–H and O–H groups in total. The van der Waals surface area contributed by atoms with Gasteiger partial charge < -0.3 is 15.4 Å². The van der Waals surface area contributed by atoms with E-state index in [0.29, 0.717) is 12.1 Å². The monoisotopic (exact) mass is 367 g/mol. The van der Waals surface area contributed by atoms with Crippen LogP contribution in [0.5, 0.6) is 0 Å². The van der Waals surface area contributed by atoms with Crippen molar-refractivity contribution in [3.8, 4) is 0 Å². The standard InChI is InChI=1S/C21H25N3O3/c1-13-9-14(2)19(15(3)10-13)24-20(25)16-6-7-22-18(11-16)21(26)23-12-17-5-4-8-27-17/h6-7,9-11,17H,4-5,8,12H2,1-3H3,(H,23,26)(H,24,25). The fourth-order valence-corrected chi connectivity index (χ4v) is 3.36. The largest absolute Gasteiger partial charge is 0.376 e. The Kier molecular flexibility index (Phi) is 5.86. The molecular formula is C21H25N3O3. The molecule has 1 aliphatic rings. The zero-order chi connectivity index (χ0) is 19.4. The lowest BCUT2D eigenvalue weighted by Gasteiger charge is -2.13.